The molecule has 1 saturated heterocycles. The summed E-state index contributed by atoms with van der Waals surface area (Å²) in [5.41, 5.74) is 6.43. The summed E-state index contributed by atoms with van der Waals surface area (Å²) in [5.74, 6) is 0.0435. The van der Waals surface area contributed by atoms with Gasteiger partial charge < -0.3 is 10.5 Å². The molecule has 1 aromatic rings. The summed E-state index contributed by atoms with van der Waals surface area (Å²) in [5, 5.41) is -0.395. The topological polar surface area (TPSA) is 69.4 Å². The lowest BCUT2D eigenvalue weighted by molar-refractivity contribution is 0.0415. The maximum Gasteiger partial charge on any atom is 0.186 e. The first-order chi connectivity index (χ1) is 8.07. The van der Waals surface area contributed by atoms with Gasteiger partial charge in [0.25, 0.3) is 0 Å². The van der Waals surface area contributed by atoms with Crippen LogP contribution in [0.1, 0.15) is 18.4 Å². The third-order valence-electron chi connectivity index (χ3n) is 3.16. The van der Waals surface area contributed by atoms with E-state index in [0.29, 0.717) is 24.7 Å². The van der Waals surface area contributed by atoms with E-state index in [1.54, 1.807) is 12.1 Å². The zero-order valence-electron chi connectivity index (χ0n) is 9.80. The van der Waals surface area contributed by atoms with Crippen LogP contribution < -0.4 is 5.73 Å². The minimum Gasteiger partial charge on any atom is -0.379 e. The van der Waals surface area contributed by atoms with Crippen molar-refractivity contribution in [1.29, 1.82) is 0 Å². The Kier molecular flexibility index (Phi) is 3.51. The third kappa shape index (κ3) is 2.22. The Morgan fingerprint density at radius 1 is 1.41 bits per heavy atom. The van der Waals surface area contributed by atoms with Crippen LogP contribution in [0, 0.1) is 0 Å². The van der Waals surface area contributed by atoms with Gasteiger partial charge in [0.05, 0.1) is 18.1 Å². The average molecular weight is 255 g/mol. The monoisotopic (exact) mass is 255 g/mol. The lowest BCUT2D eigenvalue weighted by atomic mass is 10.0. The Morgan fingerprint density at radius 2 is 2.06 bits per heavy atom. The van der Waals surface area contributed by atoms with Crippen LogP contribution in [0.3, 0.4) is 0 Å². The lowest BCUT2D eigenvalue weighted by Gasteiger charge is -2.27. The van der Waals surface area contributed by atoms with Gasteiger partial charge in [0, 0.05) is 0 Å². The Balaban J connectivity index is 2.44. The first kappa shape index (κ1) is 12.5. The van der Waals surface area contributed by atoms with Gasteiger partial charge in [0.2, 0.25) is 0 Å². The summed E-state index contributed by atoms with van der Waals surface area (Å²) in [6, 6.07) is 7.09. The minimum absolute atomic E-state index is 0.0435. The fourth-order valence-corrected chi connectivity index (χ4v) is 3.62. The van der Waals surface area contributed by atoms with Crippen LogP contribution in [0.5, 0.6) is 0 Å². The predicted octanol–water partition coefficient (Wildman–Crippen LogP) is 0.921. The number of hydrogen-bond acceptors (Lipinski definition) is 4. The molecule has 17 heavy (non-hydrogen) atoms. The fraction of sp³-hybridized carbons (Fsp3) is 0.500. The number of nitrogens with two attached hydrogens (primary N) is 1. The van der Waals surface area contributed by atoms with Crippen molar-refractivity contribution in [3.8, 4) is 0 Å². The van der Waals surface area contributed by atoms with Crippen molar-refractivity contribution in [3.63, 3.8) is 0 Å². The summed E-state index contributed by atoms with van der Waals surface area (Å²) in [6.07, 6.45) is 0. The van der Waals surface area contributed by atoms with Crippen LogP contribution in [0.2, 0.25) is 0 Å². The third-order valence-corrected chi connectivity index (χ3v) is 5.29. The molecular formula is C12H17NO3S. The highest BCUT2D eigenvalue weighted by molar-refractivity contribution is 7.92. The van der Waals surface area contributed by atoms with Gasteiger partial charge in [-0.1, -0.05) is 25.1 Å². The van der Waals surface area contributed by atoms with E-state index in [9.17, 15) is 8.42 Å². The lowest BCUT2D eigenvalue weighted by Crippen LogP contribution is -2.41. The SMILES string of the molecule is CC(CN)c1ccccc1S(=O)(=O)C1COC1. The molecule has 0 aliphatic carbocycles. The fourth-order valence-electron chi connectivity index (χ4n) is 1.85. The van der Waals surface area contributed by atoms with Crippen molar-refractivity contribution >= 4 is 9.84 Å². The molecule has 2 rings (SSSR count). The molecule has 0 aromatic heterocycles. The zero-order chi connectivity index (χ0) is 12.5. The van der Waals surface area contributed by atoms with E-state index in [2.05, 4.69) is 0 Å². The van der Waals surface area contributed by atoms with Gasteiger partial charge in [-0.2, -0.15) is 0 Å². The zero-order valence-corrected chi connectivity index (χ0v) is 10.6. The normalized spacial score (nSPS) is 18.7. The highest BCUT2D eigenvalue weighted by Gasteiger charge is 2.35. The molecule has 0 amide bonds. The number of benzene rings is 1. The molecule has 1 aliphatic heterocycles. The summed E-state index contributed by atoms with van der Waals surface area (Å²) in [7, 11) is -3.27. The smallest absolute Gasteiger partial charge is 0.186 e. The first-order valence-corrected chi connectivity index (χ1v) is 7.22. The Morgan fingerprint density at radius 3 is 2.59 bits per heavy atom. The van der Waals surface area contributed by atoms with Crippen molar-refractivity contribution in [2.75, 3.05) is 19.8 Å². The van der Waals surface area contributed by atoms with E-state index in [1.807, 2.05) is 19.1 Å². The highest BCUT2D eigenvalue weighted by Crippen LogP contribution is 2.28. The summed E-state index contributed by atoms with van der Waals surface area (Å²) in [4.78, 5) is 0.409. The second-order valence-corrected chi connectivity index (χ2v) is 6.58. The van der Waals surface area contributed by atoms with Crippen molar-refractivity contribution in [2.45, 2.75) is 23.0 Å². The van der Waals surface area contributed by atoms with Gasteiger partial charge >= 0.3 is 0 Å². The summed E-state index contributed by atoms with van der Waals surface area (Å²) in [6.45, 7) is 2.97. The Hall–Kier alpha value is -0.910. The molecule has 0 spiro atoms. The largest absolute Gasteiger partial charge is 0.379 e. The van der Waals surface area contributed by atoms with Crippen LogP contribution in [0.4, 0.5) is 0 Å². The minimum atomic E-state index is -3.27. The summed E-state index contributed by atoms with van der Waals surface area (Å²) >= 11 is 0. The molecule has 4 nitrogen and oxygen atoms in total. The van der Waals surface area contributed by atoms with Crippen LogP contribution in [-0.2, 0) is 14.6 Å². The van der Waals surface area contributed by atoms with E-state index in [-0.39, 0.29) is 5.92 Å². The van der Waals surface area contributed by atoms with Gasteiger partial charge in [0.1, 0.15) is 5.25 Å². The second kappa shape index (κ2) is 4.76. The molecule has 1 unspecified atom stereocenters. The predicted molar refractivity (Wildman–Crippen MR) is 65.7 cm³/mol. The van der Waals surface area contributed by atoms with Crippen LogP contribution in [0.15, 0.2) is 29.2 Å². The molecule has 1 aliphatic rings. The average Bonchev–Trinajstić information content (AvgIpc) is 2.25. The van der Waals surface area contributed by atoms with E-state index < -0.39 is 15.1 Å². The van der Waals surface area contributed by atoms with Crippen molar-refractivity contribution in [2.24, 2.45) is 5.73 Å². The van der Waals surface area contributed by atoms with Crippen LogP contribution in [0.25, 0.3) is 0 Å². The molecule has 1 aromatic carbocycles. The molecule has 0 bridgehead atoms. The van der Waals surface area contributed by atoms with Crippen LogP contribution >= 0.6 is 0 Å². The van der Waals surface area contributed by atoms with Gasteiger partial charge in [-0.3, -0.25) is 0 Å². The number of ether oxygens (including phenoxy) is 1. The molecule has 0 radical (unpaired) electrons. The Bertz CT molecular complexity index is 494. The van der Waals surface area contributed by atoms with E-state index in [0.717, 1.165) is 5.56 Å². The van der Waals surface area contributed by atoms with Gasteiger partial charge in [-0.05, 0) is 24.1 Å². The van der Waals surface area contributed by atoms with E-state index in [1.165, 1.54) is 0 Å². The van der Waals surface area contributed by atoms with Gasteiger partial charge in [-0.25, -0.2) is 8.42 Å². The van der Waals surface area contributed by atoms with Crippen molar-refractivity contribution in [3.05, 3.63) is 29.8 Å². The number of rotatable bonds is 4. The molecule has 0 saturated carbocycles. The number of sulfone groups is 1. The molecule has 1 atom stereocenters. The summed E-state index contributed by atoms with van der Waals surface area (Å²) < 4.78 is 29.6. The van der Waals surface area contributed by atoms with E-state index >= 15 is 0 Å². The maximum atomic E-state index is 12.3. The van der Waals surface area contributed by atoms with Crippen LogP contribution in [-0.4, -0.2) is 33.4 Å². The van der Waals surface area contributed by atoms with Crippen molar-refractivity contribution in [1.82, 2.24) is 0 Å². The standard InChI is InChI=1S/C12H17NO3S/c1-9(6-13)11-4-2-3-5-12(11)17(14,15)10-7-16-8-10/h2-5,9-10H,6-8,13H2,1H3. The quantitative estimate of drug-likeness (QED) is 0.868. The van der Waals surface area contributed by atoms with Gasteiger partial charge in [0.15, 0.2) is 9.84 Å². The van der Waals surface area contributed by atoms with E-state index in [4.69, 9.17) is 10.5 Å². The molecule has 5 heteroatoms. The molecule has 2 N–H and O–H groups in total. The Labute approximate surface area is 102 Å². The maximum absolute atomic E-state index is 12.3. The molecular weight excluding hydrogens is 238 g/mol. The first-order valence-electron chi connectivity index (χ1n) is 5.68. The highest BCUT2D eigenvalue weighted by atomic mass is 32.2. The molecule has 1 fully saturated rings. The second-order valence-electron chi connectivity index (χ2n) is 4.38. The van der Waals surface area contributed by atoms with Crippen molar-refractivity contribution < 1.29 is 13.2 Å². The van der Waals surface area contributed by atoms with Gasteiger partial charge in [-0.15, -0.1) is 0 Å². The number of hydrogen-bond donors (Lipinski definition) is 1. The molecule has 94 valence electrons. The molecule has 1 heterocycles.